The number of carbonyl (C=O) groups is 1. The van der Waals surface area contributed by atoms with E-state index in [4.69, 9.17) is 0 Å². The van der Waals surface area contributed by atoms with Crippen LogP contribution in [0.25, 0.3) is 16.9 Å². The van der Waals surface area contributed by atoms with Crippen molar-refractivity contribution in [2.24, 2.45) is 0 Å². The van der Waals surface area contributed by atoms with E-state index < -0.39 is 6.04 Å². The third-order valence-electron chi connectivity index (χ3n) is 4.97. The number of pyridine rings is 1. The molecule has 3 heterocycles. The number of hydrogen-bond donors (Lipinski definition) is 1. The Bertz CT molecular complexity index is 1300. The maximum absolute atomic E-state index is 13.0. The Kier molecular flexibility index (Phi) is 4.89. The Morgan fingerprint density at radius 1 is 0.935 bits per heavy atom. The minimum atomic E-state index is -0.588. The fourth-order valence-corrected chi connectivity index (χ4v) is 3.42. The van der Waals surface area contributed by atoms with Gasteiger partial charge in [-0.05, 0) is 40.3 Å². The second-order valence-electron chi connectivity index (χ2n) is 6.99. The Balaban J connectivity index is 1.36. The molecule has 31 heavy (non-hydrogen) atoms. The minimum Gasteiger partial charge on any atom is -0.323 e. The normalized spacial score (nSPS) is 12.0. The van der Waals surface area contributed by atoms with Gasteiger partial charge in [-0.15, -0.1) is 5.10 Å². The van der Waals surface area contributed by atoms with Gasteiger partial charge in [0.1, 0.15) is 24.5 Å². The van der Waals surface area contributed by atoms with Crippen LogP contribution in [0.2, 0.25) is 0 Å². The second-order valence-corrected chi connectivity index (χ2v) is 6.99. The molecule has 3 aromatic heterocycles. The molecule has 1 amide bonds. The van der Waals surface area contributed by atoms with Crippen molar-refractivity contribution < 1.29 is 4.79 Å². The summed E-state index contributed by atoms with van der Waals surface area (Å²) in [5.74, 6) is 0.492. The minimum absolute atomic E-state index is 0.223. The number of nitrogens with zero attached hydrogens (tertiary/aromatic N) is 7. The molecule has 0 saturated heterocycles. The standard InChI is InChI=1S/C22H18N8O/c31-22(20(30-15-25-27-28-30)12-16-6-2-1-3-7-16)26-17-10-11-21(23-13-17)29-14-24-18-8-4-5-9-19(18)29/h1-11,13-15,20H,12H2,(H,26,31). The summed E-state index contributed by atoms with van der Waals surface area (Å²) in [6.45, 7) is 0. The van der Waals surface area contributed by atoms with Crippen molar-refractivity contribution in [3.63, 3.8) is 0 Å². The first-order chi connectivity index (χ1) is 15.3. The highest BCUT2D eigenvalue weighted by Crippen LogP contribution is 2.19. The van der Waals surface area contributed by atoms with Crippen molar-refractivity contribution in [2.75, 3.05) is 5.32 Å². The van der Waals surface area contributed by atoms with E-state index in [1.54, 1.807) is 12.5 Å². The lowest BCUT2D eigenvalue weighted by Gasteiger charge is -2.16. The summed E-state index contributed by atoms with van der Waals surface area (Å²) in [6, 6.07) is 20.7. The van der Waals surface area contributed by atoms with Gasteiger partial charge in [0, 0.05) is 6.42 Å². The SMILES string of the molecule is O=C(Nc1ccc(-n2cnc3ccccc32)nc1)C(Cc1ccccc1)n1cnnn1. The Labute approximate surface area is 177 Å². The van der Waals surface area contributed by atoms with E-state index in [-0.39, 0.29) is 5.91 Å². The maximum atomic E-state index is 13.0. The molecule has 0 saturated carbocycles. The third-order valence-corrected chi connectivity index (χ3v) is 4.97. The average molecular weight is 410 g/mol. The Morgan fingerprint density at radius 3 is 2.55 bits per heavy atom. The number of amides is 1. The monoisotopic (exact) mass is 410 g/mol. The van der Waals surface area contributed by atoms with E-state index >= 15 is 0 Å². The summed E-state index contributed by atoms with van der Waals surface area (Å²) in [7, 11) is 0. The summed E-state index contributed by atoms with van der Waals surface area (Å²) >= 11 is 0. The molecule has 5 aromatic rings. The van der Waals surface area contributed by atoms with Crippen LogP contribution in [-0.2, 0) is 11.2 Å². The molecule has 1 unspecified atom stereocenters. The molecule has 0 aliphatic rings. The zero-order chi connectivity index (χ0) is 21.0. The molecule has 0 aliphatic heterocycles. The molecule has 152 valence electrons. The lowest BCUT2D eigenvalue weighted by Crippen LogP contribution is -2.28. The number of tetrazole rings is 1. The van der Waals surface area contributed by atoms with Crippen molar-refractivity contribution in [2.45, 2.75) is 12.5 Å². The second kappa shape index (κ2) is 8.15. The van der Waals surface area contributed by atoms with Crippen LogP contribution in [-0.4, -0.2) is 40.6 Å². The summed E-state index contributed by atoms with van der Waals surface area (Å²) in [6.07, 6.45) is 5.27. The number of fused-ring (bicyclic) bond motifs is 1. The first kappa shape index (κ1) is 18.6. The van der Waals surface area contributed by atoms with Gasteiger partial charge in [-0.25, -0.2) is 14.6 Å². The molecule has 1 atom stereocenters. The molecule has 1 N–H and O–H groups in total. The van der Waals surface area contributed by atoms with Crippen molar-refractivity contribution in [3.05, 3.63) is 91.1 Å². The topological polar surface area (TPSA) is 103 Å². The van der Waals surface area contributed by atoms with Gasteiger partial charge in [0.25, 0.3) is 0 Å². The number of imidazole rings is 1. The maximum Gasteiger partial charge on any atom is 0.249 e. The van der Waals surface area contributed by atoms with Gasteiger partial charge in [-0.2, -0.15) is 0 Å². The predicted octanol–water partition coefficient (Wildman–Crippen LogP) is 2.83. The van der Waals surface area contributed by atoms with Gasteiger partial charge in [-0.3, -0.25) is 9.36 Å². The predicted molar refractivity (Wildman–Crippen MR) is 114 cm³/mol. The van der Waals surface area contributed by atoms with E-state index in [9.17, 15) is 4.79 Å². The summed E-state index contributed by atoms with van der Waals surface area (Å²) in [4.78, 5) is 21.9. The molecule has 9 nitrogen and oxygen atoms in total. The van der Waals surface area contributed by atoms with Crippen molar-refractivity contribution in [1.29, 1.82) is 0 Å². The number of hydrogen-bond acceptors (Lipinski definition) is 6. The zero-order valence-electron chi connectivity index (χ0n) is 16.4. The van der Waals surface area contributed by atoms with Crippen LogP contribution in [0.3, 0.4) is 0 Å². The quantitative estimate of drug-likeness (QED) is 0.462. The van der Waals surface area contributed by atoms with Crippen molar-refractivity contribution >= 4 is 22.6 Å². The first-order valence-corrected chi connectivity index (χ1v) is 9.74. The fraction of sp³-hybridized carbons (Fsp3) is 0.0909. The van der Waals surface area contributed by atoms with E-state index in [1.807, 2.05) is 71.3 Å². The fourth-order valence-electron chi connectivity index (χ4n) is 3.42. The molecule has 0 spiro atoms. The molecule has 0 bridgehead atoms. The van der Waals surface area contributed by atoms with Gasteiger partial charge < -0.3 is 5.32 Å². The molecule has 0 aliphatic carbocycles. The number of anilines is 1. The van der Waals surface area contributed by atoms with Crippen LogP contribution < -0.4 is 5.32 Å². The van der Waals surface area contributed by atoms with Crippen LogP contribution in [0.5, 0.6) is 0 Å². The van der Waals surface area contributed by atoms with Crippen molar-refractivity contribution in [3.8, 4) is 5.82 Å². The smallest absolute Gasteiger partial charge is 0.249 e. The van der Waals surface area contributed by atoms with E-state index in [2.05, 4.69) is 30.8 Å². The van der Waals surface area contributed by atoms with Gasteiger partial charge in [0.15, 0.2) is 0 Å². The van der Waals surface area contributed by atoms with E-state index in [1.165, 1.54) is 11.0 Å². The van der Waals surface area contributed by atoms with Gasteiger partial charge in [0.05, 0.1) is 22.9 Å². The lowest BCUT2D eigenvalue weighted by atomic mass is 10.1. The molecule has 9 heteroatoms. The van der Waals surface area contributed by atoms with E-state index in [0.717, 1.165) is 16.6 Å². The van der Waals surface area contributed by atoms with Crippen LogP contribution in [0, 0.1) is 0 Å². The van der Waals surface area contributed by atoms with Crippen LogP contribution >= 0.6 is 0 Å². The molecular weight excluding hydrogens is 392 g/mol. The van der Waals surface area contributed by atoms with Gasteiger partial charge >= 0.3 is 0 Å². The zero-order valence-corrected chi connectivity index (χ0v) is 16.4. The summed E-state index contributed by atoms with van der Waals surface area (Å²) < 4.78 is 3.36. The highest BCUT2D eigenvalue weighted by molar-refractivity contribution is 5.93. The number of rotatable bonds is 6. The average Bonchev–Trinajstić information content (AvgIpc) is 3.49. The Hall–Kier alpha value is -4.40. The highest BCUT2D eigenvalue weighted by atomic mass is 16.2. The van der Waals surface area contributed by atoms with Gasteiger partial charge in [0.2, 0.25) is 5.91 Å². The van der Waals surface area contributed by atoms with Crippen LogP contribution in [0.1, 0.15) is 11.6 Å². The highest BCUT2D eigenvalue weighted by Gasteiger charge is 2.22. The molecular formula is C22H18N8O. The first-order valence-electron chi connectivity index (χ1n) is 9.74. The Morgan fingerprint density at radius 2 is 1.77 bits per heavy atom. The molecule has 2 aromatic carbocycles. The molecule has 5 rings (SSSR count). The summed E-state index contributed by atoms with van der Waals surface area (Å²) in [5.41, 5.74) is 3.46. The largest absolute Gasteiger partial charge is 0.323 e. The number of para-hydroxylation sites is 2. The number of aromatic nitrogens is 7. The van der Waals surface area contributed by atoms with Crippen molar-refractivity contribution in [1.82, 2.24) is 34.7 Å². The number of benzene rings is 2. The van der Waals surface area contributed by atoms with Gasteiger partial charge in [-0.1, -0.05) is 42.5 Å². The molecule has 0 radical (unpaired) electrons. The number of carbonyl (C=O) groups excluding carboxylic acids is 1. The van der Waals surface area contributed by atoms with E-state index in [0.29, 0.717) is 17.9 Å². The molecule has 0 fully saturated rings. The number of nitrogens with one attached hydrogen (secondary N) is 1. The summed E-state index contributed by atoms with van der Waals surface area (Å²) in [5, 5.41) is 14.2. The van der Waals surface area contributed by atoms with Crippen LogP contribution in [0.15, 0.2) is 85.6 Å². The lowest BCUT2D eigenvalue weighted by molar-refractivity contribution is -0.119. The third kappa shape index (κ3) is 3.88. The van der Waals surface area contributed by atoms with Crippen LogP contribution in [0.4, 0.5) is 5.69 Å².